The molecule has 0 saturated carbocycles. The molecule has 1 fully saturated rings. The van der Waals surface area contributed by atoms with E-state index < -0.39 is 0 Å². The first-order valence-electron chi connectivity index (χ1n) is 6.98. The molecule has 2 aromatic rings. The van der Waals surface area contributed by atoms with E-state index in [9.17, 15) is 4.79 Å². The van der Waals surface area contributed by atoms with Gasteiger partial charge in [0.05, 0.1) is 12.4 Å². The zero-order valence-corrected chi connectivity index (χ0v) is 12.5. The molecular formula is C15H18N4OS. The molecule has 1 saturated heterocycles. The van der Waals surface area contributed by atoms with Crippen molar-refractivity contribution in [2.75, 3.05) is 23.4 Å². The lowest BCUT2D eigenvalue weighted by molar-refractivity contribution is -0.117. The average Bonchev–Trinajstić information content (AvgIpc) is 3.01. The molecule has 1 aliphatic rings. The summed E-state index contributed by atoms with van der Waals surface area (Å²) in [4.78, 5) is 16.2. The maximum absolute atomic E-state index is 12.2. The molecule has 1 aromatic heterocycles. The fourth-order valence-electron chi connectivity index (χ4n) is 2.30. The van der Waals surface area contributed by atoms with Crippen molar-refractivity contribution in [3.8, 4) is 0 Å². The number of hydrogen-bond donors (Lipinski definition) is 2. The standard InChI is InChI=1S/C15H18N4OS/c20-15(14-10-21-7-5-17-14)18-13-3-1-2-12(8-13)9-19-6-4-16-11-19/h1-4,6,8,11,14,17H,5,7,9-10H2,(H,18,20). The Kier molecular flexibility index (Phi) is 4.57. The predicted molar refractivity (Wildman–Crippen MR) is 85.5 cm³/mol. The average molecular weight is 302 g/mol. The van der Waals surface area contributed by atoms with Gasteiger partial charge in [-0.15, -0.1) is 0 Å². The number of benzene rings is 1. The van der Waals surface area contributed by atoms with Crippen LogP contribution in [-0.4, -0.2) is 39.6 Å². The maximum atomic E-state index is 12.2. The zero-order valence-electron chi connectivity index (χ0n) is 11.7. The Morgan fingerprint density at radius 3 is 3.24 bits per heavy atom. The molecule has 1 amide bonds. The van der Waals surface area contributed by atoms with Crippen molar-refractivity contribution in [3.63, 3.8) is 0 Å². The van der Waals surface area contributed by atoms with Crippen molar-refractivity contribution in [2.24, 2.45) is 0 Å². The van der Waals surface area contributed by atoms with Crippen molar-refractivity contribution < 1.29 is 4.79 Å². The van der Waals surface area contributed by atoms with Gasteiger partial charge in [-0.3, -0.25) is 4.79 Å². The van der Waals surface area contributed by atoms with E-state index in [1.165, 1.54) is 0 Å². The number of thioether (sulfide) groups is 1. The van der Waals surface area contributed by atoms with Gasteiger partial charge in [0.25, 0.3) is 0 Å². The molecule has 3 rings (SSSR count). The molecule has 2 N–H and O–H groups in total. The second-order valence-electron chi connectivity index (χ2n) is 5.01. The van der Waals surface area contributed by atoms with Crippen molar-refractivity contribution in [2.45, 2.75) is 12.6 Å². The molecular weight excluding hydrogens is 284 g/mol. The van der Waals surface area contributed by atoms with Crippen LogP contribution in [0, 0.1) is 0 Å². The molecule has 110 valence electrons. The highest BCUT2D eigenvalue weighted by Crippen LogP contribution is 2.14. The molecule has 1 unspecified atom stereocenters. The number of carbonyl (C=O) groups is 1. The molecule has 5 nitrogen and oxygen atoms in total. The number of nitrogens with one attached hydrogen (secondary N) is 2. The fourth-order valence-corrected chi connectivity index (χ4v) is 3.24. The number of rotatable bonds is 4. The monoisotopic (exact) mass is 302 g/mol. The molecule has 0 radical (unpaired) electrons. The lowest BCUT2D eigenvalue weighted by Gasteiger charge is -2.22. The Hall–Kier alpha value is -1.79. The summed E-state index contributed by atoms with van der Waals surface area (Å²) in [5.74, 6) is 1.95. The third-order valence-corrected chi connectivity index (χ3v) is 4.42. The summed E-state index contributed by atoms with van der Waals surface area (Å²) in [6.45, 7) is 1.64. The van der Waals surface area contributed by atoms with Crippen molar-refractivity contribution in [1.29, 1.82) is 0 Å². The van der Waals surface area contributed by atoms with Crippen LogP contribution in [-0.2, 0) is 11.3 Å². The van der Waals surface area contributed by atoms with E-state index in [1.54, 1.807) is 12.5 Å². The number of anilines is 1. The van der Waals surface area contributed by atoms with Gasteiger partial charge < -0.3 is 15.2 Å². The minimum absolute atomic E-state index is 0.0435. The van der Waals surface area contributed by atoms with Crippen LogP contribution in [0.4, 0.5) is 5.69 Å². The van der Waals surface area contributed by atoms with Crippen LogP contribution >= 0.6 is 11.8 Å². The minimum Gasteiger partial charge on any atom is -0.333 e. The Morgan fingerprint density at radius 2 is 2.48 bits per heavy atom. The summed E-state index contributed by atoms with van der Waals surface area (Å²) in [6, 6.07) is 7.84. The summed E-state index contributed by atoms with van der Waals surface area (Å²) in [5, 5.41) is 6.24. The molecule has 0 spiro atoms. The molecule has 0 bridgehead atoms. The summed E-state index contributed by atoms with van der Waals surface area (Å²) in [7, 11) is 0. The molecule has 1 aromatic carbocycles. The quantitative estimate of drug-likeness (QED) is 0.900. The SMILES string of the molecule is O=C(Nc1cccc(Cn2ccnc2)c1)C1CSCCN1. The normalized spacial score (nSPS) is 18.4. The van der Waals surface area contributed by atoms with Crippen LogP contribution in [0.2, 0.25) is 0 Å². The molecule has 1 aliphatic heterocycles. The molecule has 0 aliphatic carbocycles. The van der Waals surface area contributed by atoms with E-state index in [0.29, 0.717) is 0 Å². The van der Waals surface area contributed by atoms with Crippen LogP contribution in [0.15, 0.2) is 43.0 Å². The first kappa shape index (κ1) is 14.2. The Morgan fingerprint density at radius 1 is 1.52 bits per heavy atom. The van der Waals surface area contributed by atoms with Gasteiger partial charge in [0.15, 0.2) is 0 Å². The summed E-state index contributed by atoms with van der Waals surface area (Å²) in [6.07, 6.45) is 5.47. The largest absolute Gasteiger partial charge is 0.333 e. The third-order valence-electron chi connectivity index (χ3n) is 3.36. The third kappa shape index (κ3) is 3.86. The van der Waals surface area contributed by atoms with E-state index in [0.717, 1.165) is 35.8 Å². The number of imidazole rings is 1. The number of nitrogens with zero attached hydrogens (tertiary/aromatic N) is 2. The Balaban J connectivity index is 1.63. The highest BCUT2D eigenvalue weighted by Gasteiger charge is 2.20. The second-order valence-corrected chi connectivity index (χ2v) is 6.16. The Labute approximate surface area is 128 Å². The number of aromatic nitrogens is 2. The van der Waals surface area contributed by atoms with Gasteiger partial charge in [0.1, 0.15) is 0 Å². The Bertz CT molecular complexity index is 593. The number of carbonyl (C=O) groups excluding carboxylic acids is 1. The van der Waals surface area contributed by atoms with Crippen LogP contribution in [0.3, 0.4) is 0 Å². The first-order chi connectivity index (χ1) is 10.3. The van der Waals surface area contributed by atoms with Crippen LogP contribution < -0.4 is 10.6 Å². The van der Waals surface area contributed by atoms with Gasteiger partial charge >= 0.3 is 0 Å². The van der Waals surface area contributed by atoms with Gasteiger partial charge in [0, 0.05) is 42.7 Å². The topological polar surface area (TPSA) is 59.0 Å². The van der Waals surface area contributed by atoms with E-state index in [-0.39, 0.29) is 11.9 Å². The highest BCUT2D eigenvalue weighted by atomic mass is 32.2. The van der Waals surface area contributed by atoms with E-state index in [4.69, 9.17) is 0 Å². The summed E-state index contributed by atoms with van der Waals surface area (Å²) >= 11 is 1.81. The van der Waals surface area contributed by atoms with Gasteiger partial charge in [-0.25, -0.2) is 4.98 Å². The smallest absolute Gasteiger partial charge is 0.242 e. The maximum Gasteiger partial charge on any atom is 0.242 e. The van der Waals surface area contributed by atoms with Crippen molar-refractivity contribution >= 4 is 23.4 Å². The van der Waals surface area contributed by atoms with Crippen molar-refractivity contribution in [1.82, 2.24) is 14.9 Å². The lowest BCUT2D eigenvalue weighted by Crippen LogP contribution is -2.46. The molecule has 1 atom stereocenters. The van der Waals surface area contributed by atoms with Crippen molar-refractivity contribution in [3.05, 3.63) is 48.5 Å². The van der Waals surface area contributed by atoms with E-state index >= 15 is 0 Å². The predicted octanol–water partition coefficient (Wildman–Crippen LogP) is 1.57. The van der Waals surface area contributed by atoms with E-state index in [2.05, 4.69) is 15.6 Å². The van der Waals surface area contributed by atoms with Gasteiger partial charge in [-0.2, -0.15) is 11.8 Å². The van der Waals surface area contributed by atoms with Crippen LogP contribution in [0.25, 0.3) is 0 Å². The molecule has 6 heteroatoms. The zero-order chi connectivity index (χ0) is 14.5. The molecule has 21 heavy (non-hydrogen) atoms. The minimum atomic E-state index is -0.0962. The number of amides is 1. The molecule has 2 heterocycles. The first-order valence-corrected chi connectivity index (χ1v) is 8.13. The number of hydrogen-bond acceptors (Lipinski definition) is 4. The van der Waals surface area contributed by atoms with Gasteiger partial charge in [-0.1, -0.05) is 12.1 Å². The van der Waals surface area contributed by atoms with Crippen LogP contribution in [0.5, 0.6) is 0 Å². The van der Waals surface area contributed by atoms with E-state index in [1.807, 2.05) is 46.8 Å². The summed E-state index contributed by atoms with van der Waals surface area (Å²) in [5.41, 5.74) is 1.98. The fraction of sp³-hybridized carbons (Fsp3) is 0.333. The van der Waals surface area contributed by atoms with Gasteiger partial charge in [0.2, 0.25) is 5.91 Å². The highest BCUT2D eigenvalue weighted by molar-refractivity contribution is 7.99. The summed E-state index contributed by atoms with van der Waals surface area (Å²) < 4.78 is 2.00. The second kappa shape index (κ2) is 6.78. The van der Waals surface area contributed by atoms with Crippen LogP contribution in [0.1, 0.15) is 5.56 Å². The lowest BCUT2D eigenvalue weighted by atomic mass is 10.2. The van der Waals surface area contributed by atoms with Gasteiger partial charge in [-0.05, 0) is 17.7 Å².